The highest BCUT2D eigenvalue weighted by molar-refractivity contribution is 6.42. The Labute approximate surface area is 164 Å². The van der Waals surface area contributed by atoms with Gasteiger partial charge in [-0.05, 0) is 42.0 Å². The maximum atomic E-state index is 12.6. The van der Waals surface area contributed by atoms with E-state index in [1.54, 1.807) is 0 Å². The largest absolute Gasteiger partial charge is 0.308 e. The molecule has 2 bridgehead atoms. The highest BCUT2D eigenvalue weighted by atomic mass is 35.5. The van der Waals surface area contributed by atoms with Gasteiger partial charge in [0.05, 0.1) is 10.0 Å². The van der Waals surface area contributed by atoms with Gasteiger partial charge in [-0.2, -0.15) is 0 Å². The fourth-order valence-corrected chi connectivity index (χ4v) is 5.30. The van der Waals surface area contributed by atoms with Crippen molar-refractivity contribution in [2.45, 2.75) is 44.2 Å². The lowest BCUT2D eigenvalue weighted by molar-refractivity contribution is -0.135. The second kappa shape index (κ2) is 6.99. The molecule has 136 valence electrons. The molecule has 1 N–H and O–H groups in total. The van der Waals surface area contributed by atoms with Crippen molar-refractivity contribution in [1.29, 1.82) is 0 Å². The fraction of sp³-hybridized carbons (Fsp3) is 0.409. The first-order chi connectivity index (χ1) is 12.5. The Balaban J connectivity index is 1.69. The summed E-state index contributed by atoms with van der Waals surface area (Å²) in [6, 6.07) is 16.4. The Hall–Kier alpha value is -1.35. The molecule has 4 unspecified atom stereocenters. The topological polar surface area (TPSA) is 29.1 Å². The minimum atomic E-state index is -0.125. The lowest BCUT2D eigenvalue weighted by Crippen LogP contribution is -2.63. The zero-order valence-electron chi connectivity index (χ0n) is 14.8. The van der Waals surface area contributed by atoms with Gasteiger partial charge in [0.1, 0.15) is 5.78 Å². The SMILES string of the molecule is CC1(c2ccc(Cl)c(Cl)c2)C2CCC(C(=O)C2)C1NCc1ccccc1. The molecule has 3 saturated carbocycles. The summed E-state index contributed by atoms with van der Waals surface area (Å²) in [5, 5.41) is 4.88. The molecule has 2 aromatic carbocycles. The third-order valence-electron chi connectivity index (χ3n) is 6.49. The maximum Gasteiger partial charge on any atom is 0.137 e. The van der Waals surface area contributed by atoms with Crippen molar-refractivity contribution in [3.05, 3.63) is 69.7 Å². The second-order valence-corrected chi connectivity index (χ2v) is 8.62. The summed E-state index contributed by atoms with van der Waals surface area (Å²) in [4.78, 5) is 12.6. The van der Waals surface area contributed by atoms with E-state index in [2.05, 4.69) is 30.4 Å². The van der Waals surface area contributed by atoms with Crippen molar-refractivity contribution >= 4 is 29.0 Å². The van der Waals surface area contributed by atoms with E-state index in [0.717, 1.165) is 19.4 Å². The second-order valence-electron chi connectivity index (χ2n) is 7.81. The summed E-state index contributed by atoms with van der Waals surface area (Å²) < 4.78 is 0. The minimum absolute atomic E-state index is 0.0724. The van der Waals surface area contributed by atoms with Gasteiger partial charge >= 0.3 is 0 Å². The van der Waals surface area contributed by atoms with Crippen molar-refractivity contribution in [3.8, 4) is 0 Å². The van der Waals surface area contributed by atoms with Crippen LogP contribution >= 0.6 is 23.2 Å². The number of halogens is 2. The zero-order chi connectivity index (χ0) is 18.3. The molecular weight excluding hydrogens is 365 g/mol. The number of hydrogen-bond acceptors (Lipinski definition) is 2. The average Bonchev–Trinajstić information content (AvgIpc) is 2.65. The van der Waals surface area contributed by atoms with Crippen LogP contribution in [0.4, 0.5) is 0 Å². The third-order valence-corrected chi connectivity index (χ3v) is 7.23. The summed E-state index contributed by atoms with van der Waals surface area (Å²) >= 11 is 12.5. The van der Waals surface area contributed by atoms with E-state index in [0.29, 0.717) is 28.2 Å². The molecule has 3 aliphatic carbocycles. The molecule has 0 spiro atoms. The predicted octanol–water partition coefficient (Wildman–Crippen LogP) is 5.41. The van der Waals surface area contributed by atoms with Crippen molar-refractivity contribution in [3.63, 3.8) is 0 Å². The van der Waals surface area contributed by atoms with Gasteiger partial charge in [-0.3, -0.25) is 4.79 Å². The number of nitrogens with one attached hydrogen (secondary N) is 1. The van der Waals surface area contributed by atoms with Gasteiger partial charge < -0.3 is 5.32 Å². The molecule has 0 aromatic heterocycles. The number of benzene rings is 2. The first kappa shape index (κ1) is 18.0. The maximum absolute atomic E-state index is 12.6. The summed E-state index contributed by atoms with van der Waals surface area (Å²) in [7, 11) is 0. The van der Waals surface area contributed by atoms with E-state index in [4.69, 9.17) is 23.2 Å². The fourth-order valence-electron chi connectivity index (χ4n) is 5.00. The number of Topliss-reactive ketones (excluding diaryl/α,β-unsaturated/α-hetero) is 1. The lowest BCUT2D eigenvalue weighted by Gasteiger charge is -2.55. The number of ketones is 1. The van der Waals surface area contributed by atoms with Crippen LogP contribution in [0.1, 0.15) is 37.3 Å². The van der Waals surface area contributed by atoms with Crippen molar-refractivity contribution < 1.29 is 4.79 Å². The average molecular weight is 388 g/mol. The molecule has 4 heteroatoms. The molecule has 5 rings (SSSR count). The summed E-state index contributed by atoms with van der Waals surface area (Å²) in [5.41, 5.74) is 2.29. The van der Waals surface area contributed by atoms with E-state index in [-0.39, 0.29) is 17.4 Å². The van der Waals surface area contributed by atoms with E-state index in [1.165, 1.54) is 11.1 Å². The summed E-state index contributed by atoms with van der Waals surface area (Å²) in [6.07, 6.45) is 2.74. The van der Waals surface area contributed by atoms with Crippen molar-refractivity contribution in [1.82, 2.24) is 5.32 Å². The number of hydrogen-bond donors (Lipinski definition) is 1. The number of rotatable bonds is 4. The number of carbonyl (C=O) groups is 1. The van der Waals surface area contributed by atoms with Crippen LogP contribution in [0, 0.1) is 11.8 Å². The first-order valence-electron chi connectivity index (χ1n) is 9.25. The van der Waals surface area contributed by atoms with Gasteiger partial charge in [-0.1, -0.05) is 66.5 Å². The third kappa shape index (κ3) is 2.98. The smallest absolute Gasteiger partial charge is 0.137 e. The first-order valence-corrected chi connectivity index (χ1v) is 10.0. The van der Waals surface area contributed by atoms with E-state index in [1.807, 2.05) is 30.3 Å². The zero-order valence-corrected chi connectivity index (χ0v) is 16.4. The van der Waals surface area contributed by atoms with Crippen LogP contribution in [0.3, 0.4) is 0 Å². The van der Waals surface area contributed by atoms with Crippen molar-refractivity contribution in [2.75, 3.05) is 0 Å². The van der Waals surface area contributed by atoms with Gasteiger partial charge in [0, 0.05) is 30.3 Å². The monoisotopic (exact) mass is 387 g/mol. The van der Waals surface area contributed by atoms with E-state index in [9.17, 15) is 4.79 Å². The Kier molecular flexibility index (Phi) is 4.85. The van der Waals surface area contributed by atoms with Crippen LogP contribution in [0.15, 0.2) is 48.5 Å². The lowest BCUT2D eigenvalue weighted by atomic mass is 9.51. The quantitative estimate of drug-likeness (QED) is 0.759. The molecule has 0 saturated heterocycles. The minimum Gasteiger partial charge on any atom is -0.308 e. The molecule has 3 fully saturated rings. The molecular formula is C22H23Cl2NO. The summed E-state index contributed by atoms with van der Waals surface area (Å²) in [6.45, 7) is 3.05. The molecule has 0 amide bonds. The van der Waals surface area contributed by atoms with Crippen LogP contribution < -0.4 is 5.32 Å². The van der Waals surface area contributed by atoms with E-state index >= 15 is 0 Å². The van der Waals surface area contributed by atoms with Crippen LogP contribution in [0.2, 0.25) is 10.0 Å². The molecule has 4 atom stereocenters. The molecule has 2 nitrogen and oxygen atoms in total. The van der Waals surface area contributed by atoms with Crippen LogP contribution in [0.25, 0.3) is 0 Å². The molecule has 26 heavy (non-hydrogen) atoms. The van der Waals surface area contributed by atoms with Gasteiger partial charge in [0.15, 0.2) is 0 Å². The Morgan fingerprint density at radius 3 is 2.54 bits per heavy atom. The normalized spacial score (nSPS) is 30.6. The number of carbonyl (C=O) groups excluding carboxylic acids is 1. The molecule has 2 aromatic rings. The molecule has 0 radical (unpaired) electrons. The Bertz CT molecular complexity index is 822. The Morgan fingerprint density at radius 1 is 1.08 bits per heavy atom. The van der Waals surface area contributed by atoms with Crippen LogP contribution in [0.5, 0.6) is 0 Å². The molecule has 3 aliphatic rings. The van der Waals surface area contributed by atoms with Crippen LogP contribution in [-0.4, -0.2) is 11.8 Å². The van der Waals surface area contributed by atoms with Crippen LogP contribution in [-0.2, 0) is 16.8 Å². The van der Waals surface area contributed by atoms with E-state index < -0.39 is 0 Å². The van der Waals surface area contributed by atoms with Gasteiger partial charge in [0.2, 0.25) is 0 Å². The van der Waals surface area contributed by atoms with Gasteiger partial charge in [-0.15, -0.1) is 0 Å². The highest BCUT2D eigenvalue weighted by Crippen LogP contribution is 2.53. The predicted molar refractivity (Wildman–Crippen MR) is 107 cm³/mol. The Morgan fingerprint density at radius 2 is 1.85 bits per heavy atom. The van der Waals surface area contributed by atoms with Gasteiger partial charge in [-0.25, -0.2) is 0 Å². The van der Waals surface area contributed by atoms with Gasteiger partial charge in [0.25, 0.3) is 0 Å². The molecule has 0 heterocycles. The number of fused-ring (bicyclic) bond motifs is 3. The van der Waals surface area contributed by atoms with Crippen molar-refractivity contribution in [2.24, 2.45) is 11.8 Å². The molecule has 0 aliphatic heterocycles. The standard InChI is InChI=1S/C22H23Cl2NO/c1-22(15-8-10-18(23)19(24)11-15)16-7-9-17(20(26)12-16)21(22)25-13-14-5-3-2-4-6-14/h2-6,8,10-11,16-17,21,25H,7,9,12-13H2,1H3. The highest BCUT2D eigenvalue weighted by Gasteiger charge is 2.55. The summed E-state index contributed by atoms with van der Waals surface area (Å²) in [5.74, 6) is 0.818.